The van der Waals surface area contributed by atoms with E-state index in [9.17, 15) is 14.4 Å². The molecule has 252 valence electrons. The van der Waals surface area contributed by atoms with Crippen molar-refractivity contribution >= 4 is 17.7 Å². The number of imidazole rings is 1. The van der Waals surface area contributed by atoms with Crippen LogP contribution < -0.4 is 20.7 Å². The first-order chi connectivity index (χ1) is 24.0. The predicted octanol–water partition coefficient (Wildman–Crippen LogP) is 2.91. The van der Waals surface area contributed by atoms with Crippen LogP contribution in [-0.2, 0) is 22.6 Å². The number of aromatic amines is 1. The quantitative estimate of drug-likeness (QED) is 0.216. The molecule has 0 radical (unpaired) electrons. The molecule has 0 spiro atoms. The summed E-state index contributed by atoms with van der Waals surface area (Å²) >= 11 is 0. The molecule has 6 rings (SSSR count). The molecule has 3 aromatic heterocycles. The van der Waals surface area contributed by atoms with Crippen molar-refractivity contribution in [3.63, 3.8) is 0 Å². The molecule has 2 bridgehead atoms. The summed E-state index contributed by atoms with van der Waals surface area (Å²) in [5.41, 5.74) is 4.73. The van der Waals surface area contributed by atoms with E-state index in [2.05, 4.69) is 35.8 Å². The van der Waals surface area contributed by atoms with E-state index in [1.54, 1.807) is 42.9 Å². The summed E-state index contributed by atoms with van der Waals surface area (Å²) in [5.74, 6) is -0.339. The second kappa shape index (κ2) is 16.3. The lowest BCUT2D eigenvalue weighted by atomic mass is 10.1. The minimum Gasteiger partial charge on any atom is -0.492 e. The highest BCUT2D eigenvalue weighted by molar-refractivity contribution is 5.97. The van der Waals surface area contributed by atoms with Gasteiger partial charge in [-0.15, -0.1) is 0 Å². The predicted molar refractivity (Wildman–Crippen MR) is 183 cm³/mol. The van der Waals surface area contributed by atoms with E-state index >= 15 is 0 Å². The number of nitrogens with zero attached hydrogens (tertiary/aromatic N) is 5. The number of H-pyrrole nitrogens is 1. The SMILES string of the molecule is O=C1CN(Cc2cn(-c3ccccc3)nc2-c2ccncc2)CCCCNC(=O)[C@H](Cc2cnc[nH]2)NC(=O)c2cccc(c2)OCCN1. The number of fused-ring (bicyclic) bond motifs is 2. The third kappa shape index (κ3) is 9.17. The van der Waals surface area contributed by atoms with Gasteiger partial charge in [0, 0.05) is 66.7 Å². The highest BCUT2D eigenvalue weighted by Crippen LogP contribution is 2.25. The Morgan fingerprint density at radius 2 is 1.73 bits per heavy atom. The fourth-order valence-corrected chi connectivity index (χ4v) is 5.65. The maximum Gasteiger partial charge on any atom is 0.252 e. The fourth-order valence-electron chi connectivity index (χ4n) is 5.65. The molecular weight excluding hydrogens is 622 g/mol. The number of amides is 3. The number of carbonyl (C=O) groups is 3. The van der Waals surface area contributed by atoms with E-state index in [4.69, 9.17) is 9.84 Å². The lowest BCUT2D eigenvalue weighted by Gasteiger charge is -2.22. The minimum absolute atomic E-state index is 0.134. The van der Waals surface area contributed by atoms with Crippen molar-refractivity contribution in [3.8, 4) is 22.7 Å². The number of ether oxygens (including phenoxy) is 1. The summed E-state index contributed by atoms with van der Waals surface area (Å²) < 4.78 is 7.71. The van der Waals surface area contributed by atoms with Gasteiger partial charge >= 0.3 is 0 Å². The zero-order chi connectivity index (χ0) is 33.8. The molecule has 4 N–H and O–H groups in total. The molecule has 4 heterocycles. The van der Waals surface area contributed by atoms with Crippen LogP contribution in [0.15, 0.2) is 97.8 Å². The average Bonchev–Trinajstić information content (AvgIpc) is 3.80. The second-order valence-corrected chi connectivity index (χ2v) is 11.8. The number of benzene rings is 2. The molecule has 3 amide bonds. The van der Waals surface area contributed by atoms with Crippen LogP contribution in [0, 0.1) is 0 Å². The number of aromatic nitrogens is 5. The van der Waals surface area contributed by atoms with Gasteiger partial charge in [0.15, 0.2) is 0 Å². The van der Waals surface area contributed by atoms with Gasteiger partial charge in [-0.3, -0.25) is 24.3 Å². The van der Waals surface area contributed by atoms with Crippen LogP contribution in [0.4, 0.5) is 0 Å². The minimum atomic E-state index is -0.814. The number of hydrogen-bond donors (Lipinski definition) is 4. The molecule has 0 unspecified atom stereocenters. The van der Waals surface area contributed by atoms with Crippen LogP contribution >= 0.6 is 0 Å². The Morgan fingerprint density at radius 3 is 2.55 bits per heavy atom. The molecule has 5 aromatic rings. The molecule has 0 aliphatic carbocycles. The molecule has 13 heteroatoms. The van der Waals surface area contributed by atoms with Crippen LogP contribution in [0.3, 0.4) is 0 Å². The Bertz CT molecular complexity index is 1830. The molecule has 49 heavy (non-hydrogen) atoms. The second-order valence-electron chi connectivity index (χ2n) is 11.8. The molecule has 1 aliphatic rings. The summed E-state index contributed by atoms with van der Waals surface area (Å²) in [4.78, 5) is 53.0. The van der Waals surface area contributed by atoms with Gasteiger partial charge < -0.3 is 25.7 Å². The largest absolute Gasteiger partial charge is 0.492 e. The maximum absolute atomic E-state index is 13.3. The van der Waals surface area contributed by atoms with Crippen molar-refractivity contribution in [3.05, 3.63) is 115 Å². The molecule has 0 fully saturated rings. The van der Waals surface area contributed by atoms with E-state index < -0.39 is 11.9 Å². The van der Waals surface area contributed by atoms with Crippen molar-refractivity contribution in [2.45, 2.75) is 31.8 Å². The molecule has 0 saturated carbocycles. The lowest BCUT2D eigenvalue weighted by Crippen LogP contribution is -2.48. The van der Waals surface area contributed by atoms with E-state index in [1.807, 2.05) is 53.3 Å². The summed E-state index contributed by atoms with van der Waals surface area (Å²) in [7, 11) is 0. The van der Waals surface area contributed by atoms with Gasteiger partial charge in [-0.2, -0.15) is 5.10 Å². The number of hydrogen-bond acceptors (Lipinski definition) is 8. The Balaban J connectivity index is 1.20. The van der Waals surface area contributed by atoms with Crippen LogP contribution in [0.5, 0.6) is 5.75 Å². The molecule has 0 saturated heterocycles. The van der Waals surface area contributed by atoms with Gasteiger partial charge in [-0.25, -0.2) is 9.67 Å². The number of pyridine rings is 1. The van der Waals surface area contributed by atoms with Crippen molar-refractivity contribution in [2.75, 3.05) is 32.8 Å². The maximum atomic E-state index is 13.3. The van der Waals surface area contributed by atoms with Crippen LogP contribution in [0.1, 0.15) is 34.5 Å². The highest BCUT2D eigenvalue weighted by atomic mass is 16.5. The van der Waals surface area contributed by atoms with Crippen LogP contribution in [0.25, 0.3) is 16.9 Å². The molecule has 13 nitrogen and oxygen atoms in total. The van der Waals surface area contributed by atoms with Crippen LogP contribution in [-0.4, -0.2) is 86.2 Å². The first-order valence-corrected chi connectivity index (χ1v) is 16.3. The molecule has 1 aliphatic heterocycles. The third-order valence-electron chi connectivity index (χ3n) is 8.12. The molecule has 2 aromatic carbocycles. The van der Waals surface area contributed by atoms with Crippen molar-refractivity contribution in [1.82, 2.24) is 45.6 Å². The Kier molecular flexibility index (Phi) is 11.0. The monoisotopic (exact) mass is 661 g/mol. The van der Waals surface area contributed by atoms with E-state index in [0.717, 1.165) is 34.6 Å². The number of nitrogens with one attached hydrogen (secondary N) is 4. The first-order valence-electron chi connectivity index (χ1n) is 16.3. The highest BCUT2D eigenvalue weighted by Gasteiger charge is 2.23. The van der Waals surface area contributed by atoms with Gasteiger partial charge in [0.25, 0.3) is 5.91 Å². The van der Waals surface area contributed by atoms with E-state index in [1.165, 1.54) is 6.33 Å². The van der Waals surface area contributed by atoms with Crippen molar-refractivity contribution in [2.24, 2.45) is 0 Å². The van der Waals surface area contributed by atoms with Crippen LogP contribution in [0.2, 0.25) is 0 Å². The summed E-state index contributed by atoms with van der Waals surface area (Å²) in [5, 5.41) is 13.7. The smallest absolute Gasteiger partial charge is 0.252 e. The summed E-state index contributed by atoms with van der Waals surface area (Å²) in [6.45, 7) is 2.17. The van der Waals surface area contributed by atoms with Gasteiger partial charge in [-0.1, -0.05) is 24.3 Å². The van der Waals surface area contributed by atoms with E-state index in [-0.39, 0.29) is 31.4 Å². The van der Waals surface area contributed by atoms with Crippen molar-refractivity contribution in [1.29, 1.82) is 0 Å². The number of para-hydroxylation sites is 1. The summed E-state index contributed by atoms with van der Waals surface area (Å²) in [6.07, 6.45) is 10.3. The molecular formula is C36H39N9O4. The topological polar surface area (TPSA) is 159 Å². The standard InChI is InChI=1S/C36H39N9O4/c46-33-24-44(22-28-23-45(30-8-2-1-3-9-30)43-34(28)26-11-14-37-15-12-26)17-5-4-13-40-36(48)32(20-29-21-38-25-41-29)42-35(47)27-7-6-10-31(19-27)49-18-16-39-33/h1-3,6-12,14-15,19,21,23,25,32H,4-5,13,16-18,20,22,24H2,(H,38,41)(H,39,46)(H,40,48)(H,42,47)/t32-/m0/s1. The van der Waals surface area contributed by atoms with Crippen molar-refractivity contribution < 1.29 is 19.1 Å². The van der Waals surface area contributed by atoms with E-state index in [0.29, 0.717) is 43.9 Å². The van der Waals surface area contributed by atoms with Gasteiger partial charge in [-0.05, 0) is 61.9 Å². The zero-order valence-corrected chi connectivity index (χ0v) is 27.0. The number of carbonyl (C=O) groups excluding carboxylic acids is 3. The molecule has 1 atom stereocenters. The van der Waals surface area contributed by atoms with Gasteiger partial charge in [0.1, 0.15) is 18.4 Å². The Labute approximate surface area is 284 Å². The first kappa shape index (κ1) is 33.1. The van der Waals surface area contributed by atoms with Gasteiger partial charge in [0.2, 0.25) is 11.8 Å². The third-order valence-corrected chi connectivity index (χ3v) is 8.12. The Hall–Kier alpha value is -5.82. The zero-order valence-electron chi connectivity index (χ0n) is 27.0. The van der Waals surface area contributed by atoms with Gasteiger partial charge in [0.05, 0.1) is 30.8 Å². The summed E-state index contributed by atoms with van der Waals surface area (Å²) in [6, 6.07) is 19.7. The normalized spacial score (nSPS) is 17.1. The number of rotatable bonds is 6. The lowest BCUT2D eigenvalue weighted by molar-refractivity contribution is -0.123. The fraction of sp³-hybridized carbons (Fsp3) is 0.278. The average molecular weight is 662 g/mol. The Morgan fingerprint density at radius 1 is 0.878 bits per heavy atom.